The van der Waals surface area contributed by atoms with E-state index in [1.165, 1.54) is 22.4 Å². The molecular weight excluding hydrogens is 362 g/mol. The van der Waals surface area contributed by atoms with Crippen LogP contribution in [0, 0.1) is 13.8 Å². The minimum Gasteiger partial charge on any atom is -0.378 e. The van der Waals surface area contributed by atoms with E-state index in [-0.39, 0.29) is 12.1 Å². The Morgan fingerprint density at radius 3 is 2.66 bits per heavy atom. The van der Waals surface area contributed by atoms with Crippen LogP contribution in [0.1, 0.15) is 41.1 Å². The summed E-state index contributed by atoms with van der Waals surface area (Å²) in [6.07, 6.45) is 2.08. The second-order valence-corrected chi connectivity index (χ2v) is 8.08. The fourth-order valence-corrected chi connectivity index (χ4v) is 4.37. The molecule has 0 radical (unpaired) electrons. The summed E-state index contributed by atoms with van der Waals surface area (Å²) in [6.45, 7) is 8.93. The van der Waals surface area contributed by atoms with Crippen LogP contribution >= 0.6 is 0 Å². The number of rotatable bonds is 4. The Morgan fingerprint density at radius 2 is 1.86 bits per heavy atom. The van der Waals surface area contributed by atoms with Gasteiger partial charge >= 0.3 is 6.03 Å². The number of nitrogens with one attached hydrogen (secondary N) is 1. The molecule has 2 aromatic rings. The van der Waals surface area contributed by atoms with Crippen molar-refractivity contribution in [3.63, 3.8) is 0 Å². The molecular formula is C24H31N3O2. The van der Waals surface area contributed by atoms with Crippen LogP contribution in [0.3, 0.4) is 0 Å². The Labute approximate surface area is 173 Å². The molecule has 5 nitrogen and oxygen atoms in total. The number of urea groups is 1. The fourth-order valence-electron chi connectivity index (χ4n) is 4.37. The maximum Gasteiger partial charge on any atom is 0.318 e. The number of carbonyl (C=O) groups is 1. The van der Waals surface area contributed by atoms with Gasteiger partial charge in [0.2, 0.25) is 0 Å². The van der Waals surface area contributed by atoms with Crippen molar-refractivity contribution in [2.24, 2.45) is 0 Å². The minimum atomic E-state index is 0.0301. The number of likely N-dealkylation sites (tertiary alicyclic amines) is 1. The lowest BCUT2D eigenvalue weighted by Crippen LogP contribution is -2.40. The number of para-hydroxylation sites is 1. The van der Waals surface area contributed by atoms with Crippen molar-refractivity contribution in [2.75, 3.05) is 37.7 Å². The standard InChI is InChI=1S/C24H31N3O2/c1-18-9-10-20(16-19(18)2)23-8-5-11-27(23)24(28)25-17-21-6-3-4-7-22(21)26-12-14-29-15-13-26/h3-4,6-7,9-10,16,23H,5,8,11-15,17H2,1-2H3,(H,25,28). The van der Waals surface area contributed by atoms with Crippen molar-refractivity contribution >= 4 is 11.7 Å². The van der Waals surface area contributed by atoms with Crippen LogP contribution in [0.2, 0.25) is 0 Å². The molecule has 4 rings (SSSR count). The number of hydrogen-bond donors (Lipinski definition) is 1. The molecule has 2 heterocycles. The number of amides is 2. The summed E-state index contributed by atoms with van der Waals surface area (Å²) in [5.74, 6) is 0. The van der Waals surface area contributed by atoms with Crippen molar-refractivity contribution in [3.05, 3.63) is 64.7 Å². The molecule has 2 saturated heterocycles. The molecule has 29 heavy (non-hydrogen) atoms. The molecule has 0 bridgehead atoms. The van der Waals surface area contributed by atoms with Crippen molar-refractivity contribution in [1.29, 1.82) is 0 Å². The molecule has 2 aromatic carbocycles. The Hall–Kier alpha value is -2.53. The van der Waals surface area contributed by atoms with Gasteiger partial charge in [-0.2, -0.15) is 0 Å². The van der Waals surface area contributed by atoms with E-state index in [1.807, 2.05) is 11.0 Å². The molecule has 2 fully saturated rings. The highest BCUT2D eigenvalue weighted by atomic mass is 16.5. The molecule has 1 N–H and O–H groups in total. The van der Waals surface area contributed by atoms with Gasteiger partial charge in [-0.3, -0.25) is 0 Å². The molecule has 0 spiro atoms. The van der Waals surface area contributed by atoms with Gasteiger partial charge in [0, 0.05) is 31.9 Å². The second kappa shape index (κ2) is 8.87. The van der Waals surface area contributed by atoms with E-state index in [0.29, 0.717) is 6.54 Å². The third-order valence-corrected chi connectivity index (χ3v) is 6.20. The van der Waals surface area contributed by atoms with Gasteiger partial charge < -0.3 is 19.9 Å². The summed E-state index contributed by atoms with van der Waals surface area (Å²) >= 11 is 0. The Bertz CT molecular complexity index is 861. The molecule has 154 valence electrons. The van der Waals surface area contributed by atoms with Crippen LogP contribution in [0.15, 0.2) is 42.5 Å². The predicted octanol–water partition coefficient (Wildman–Crippen LogP) is 4.19. The van der Waals surface area contributed by atoms with Gasteiger partial charge in [0.1, 0.15) is 0 Å². The van der Waals surface area contributed by atoms with Gasteiger partial charge in [0.15, 0.2) is 0 Å². The molecule has 1 atom stereocenters. The number of hydrogen-bond acceptors (Lipinski definition) is 3. The highest BCUT2D eigenvalue weighted by Crippen LogP contribution is 2.33. The zero-order chi connectivity index (χ0) is 20.2. The van der Waals surface area contributed by atoms with Crippen LogP contribution in [0.4, 0.5) is 10.5 Å². The lowest BCUT2D eigenvalue weighted by atomic mass is 9.99. The first kappa shape index (κ1) is 19.8. The summed E-state index contributed by atoms with van der Waals surface area (Å²) in [7, 11) is 0. The summed E-state index contributed by atoms with van der Waals surface area (Å²) < 4.78 is 5.48. The summed E-state index contributed by atoms with van der Waals surface area (Å²) in [6, 6.07) is 15.1. The summed E-state index contributed by atoms with van der Waals surface area (Å²) in [5, 5.41) is 3.18. The van der Waals surface area contributed by atoms with Crippen molar-refractivity contribution in [3.8, 4) is 0 Å². The highest BCUT2D eigenvalue weighted by molar-refractivity contribution is 5.75. The van der Waals surface area contributed by atoms with Crippen LogP contribution < -0.4 is 10.2 Å². The average Bonchev–Trinajstić information content (AvgIpc) is 3.25. The molecule has 0 saturated carbocycles. The smallest absolute Gasteiger partial charge is 0.318 e. The van der Waals surface area contributed by atoms with E-state index in [1.54, 1.807) is 0 Å². The van der Waals surface area contributed by atoms with Gasteiger partial charge in [0.25, 0.3) is 0 Å². The number of anilines is 1. The molecule has 2 aliphatic rings. The van der Waals surface area contributed by atoms with Crippen LogP contribution in [-0.4, -0.2) is 43.8 Å². The lowest BCUT2D eigenvalue weighted by Gasteiger charge is -2.31. The zero-order valence-electron chi connectivity index (χ0n) is 17.5. The molecule has 5 heteroatoms. The molecule has 1 unspecified atom stereocenters. The average molecular weight is 394 g/mol. The minimum absolute atomic E-state index is 0.0301. The molecule has 0 aliphatic carbocycles. The second-order valence-electron chi connectivity index (χ2n) is 8.08. The molecule has 2 aliphatic heterocycles. The first-order chi connectivity index (χ1) is 14.1. The van der Waals surface area contributed by atoms with E-state index in [0.717, 1.165) is 51.3 Å². The summed E-state index contributed by atoms with van der Waals surface area (Å²) in [5.41, 5.74) is 6.18. The van der Waals surface area contributed by atoms with Crippen molar-refractivity contribution in [2.45, 2.75) is 39.3 Å². The molecule has 0 aromatic heterocycles. The fraction of sp³-hybridized carbons (Fsp3) is 0.458. The van der Waals surface area contributed by atoms with E-state index < -0.39 is 0 Å². The topological polar surface area (TPSA) is 44.8 Å². The maximum atomic E-state index is 13.0. The first-order valence-electron chi connectivity index (χ1n) is 10.7. The van der Waals surface area contributed by atoms with Gasteiger partial charge in [-0.15, -0.1) is 0 Å². The lowest BCUT2D eigenvalue weighted by molar-refractivity contribution is 0.122. The van der Waals surface area contributed by atoms with Gasteiger partial charge in [-0.05, 0) is 55.0 Å². The van der Waals surface area contributed by atoms with Crippen molar-refractivity contribution in [1.82, 2.24) is 10.2 Å². The van der Waals surface area contributed by atoms with Gasteiger partial charge in [-0.1, -0.05) is 36.4 Å². The first-order valence-corrected chi connectivity index (χ1v) is 10.7. The van der Waals surface area contributed by atoms with Crippen LogP contribution in [-0.2, 0) is 11.3 Å². The Balaban J connectivity index is 1.44. The number of nitrogens with zero attached hydrogens (tertiary/aromatic N) is 2. The third-order valence-electron chi connectivity index (χ3n) is 6.20. The summed E-state index contributed by atoms with van der Waals surface area (Å²) in [4.78, 5) is 17.4. The van der Waals surface area contributed by atoms with Gasteiger partial charge in [-0.25, -0.2) is 4.79 Å². The zero-order valence-corrected chi connectivity index (χ0v) is 17.5. The van der Waals surface area contributed by atoms with E-state index >= 15 is 0 Å². The molecule has 2 amide bonds. The highest BCUT2D eigenvalue weighted by Gasteiger charge is 2.30. The predicted molar refractivity (Wildman–Crippen MR) is 116 cm³/mol. The van der Waals surface area contributed by atoms with Crippen molar-refractivity contribution < 1.29 is 9.53 Å². The maximum absolute atomic E-state index is 13.0. The third kappa shape index (κ3) is 4.40. The Kier molecular flexibility index (Phi) is 6.05. The number of benzene rings is 2. The van der Waals surface area contributed by atoms with E-state index in [4.69, 9.17) is 4.74 Å². The van der Waals surface area contributed by atoms with Crippen LogP contribution in [0.25, 0.3) is 0 Å². The SMILES string of the molecule is Cc1ccc(C2CCCN2C(=O)NCc2ccccc2N2CCOCC2)cc1C. The van der Waals surface area contributed by atoms with Crippen LogP contribution in [0.5, 0.6) is 0 Å². The largest absolute Gasteiger partial charge is 0.378 e. The number of aryl methyl sites for hydroxylation is 2. The van der Waals surface area contributed by atoms with Gasteiger partial charge in [0.05, 0.1) is 19.3 Å². The number of carbonyl (C=O) groups excluding carboxylic acids is 1. The normalized spacial score (nSPS) is 19.4. The van der Waals surface area contributed by atoms with E-state index in [2.05, 4.69) is 60.5 Å². The quantitative estimate of drug-likeness (QED) is 0.847. The number of ether oxygens (including phenoxy) is 1. The number of morpholine rings is 1. The monoisotopic (exact) mass is 393 g/mol. The Morgan fingerprint density at radius 1 is 1.07 bits per heavy atom. The van der Waals surface area contributed by atoms with E-state index in [9.17, 15) is 4.79 Å².